The van der Waals surface area contributed by atoms with Crippen LogP contribution in [0.5, 0.6) is 5.75 Å². The lowest BCUT2D eigenvalue weighted by Crippen LogP contribution is -2.14. The molecule has 86 valence electrons. The average Bonchev–Trinajstić information content (AvgIpc) is 2.70. The van der Waals surface area contributed by atoms with Crippen molar-refractivity contribution >= 4 is 11.6 Å². The van der Waals surface area contributed by atoms with Crippen LogP contribution in [-0.4, -0.2) is 11.7 Å². The molecule has 2 aliphatic rings. The Balaban J connectivity index is 2.27. The number of ether oxygens (including phenoxy) is 1. The summed E-state index contributed by atoms with van der Waals surface area (Å²) in [4.78, 5) is 0. The van der Waals surface area contributed by atoms with Gasteiger partial charge < -0.3 is 9.84 Å². The summed E-state index contributed by atoms with van der Waals surface area (Å²) in [7, 11) is 0. The molecule has 3 rings (SSSR count). The summed E-state index contributed by atoms with van der Waals surface area (Å²) >= 11 is 6.27. The average molecular weight is 239 g/mol. The minimum atomic E-state index is -0.423. The minimum Gasteiger partial charge on any atom is -0.493 e. The molecule has 3 heteroatoms. The van der Waals surface area contributed by atoms with Crippen molar-refractivity contribution in [3.63, 3.8) is 0 Å². The second kappa shape index (κ2) is 3.64. The SMILES string of the molecule is CC1CC[C@H](O)c2c(Cl)cc3c(c21)OCC3. The molecule has 1 aromatic carbocycles. The Hall–Kier alpha value is -0.730. The number of halogens is 1. The van der Waals surface area contributed by atoms with Crippen molar-refractivity contribution in [3.05, 3.63) is 27.8 Å². The third-order valence-corrected chi connectivity index (χ3v) is 4.01. The molecular weight excluding hydrogens is 224 g/mol. The van der Waals surface area contributed by atoms with Gasteiger partial charge in [0, 0.05) is 22.6 Å². The first kappa shape index (κ1) is 10.4. The van der Waals surface area contributed by atoms with Crippen LogP contribution in [0.3, 0.4) is 0 Å². The molecule has 0 amide bonds. The molecule has 1 aliphatic heterocycles. The van der Waals surface area contributed by atoms with Gasteiger partial charge in [-0.15, -0.1) is 0 Å². The Morgan fingerprint density at radius 1 is 1.38 bits per heavy atom. The summed E-state index contributed by atoms with van der Waals surface area (Å²) in [6.45, 7) is 2.92. The van der Waals surface area contributed by atoms with E-state index in [1.54, 1.807) is 0 Å². The van der Waals surface area contributed by atoms with Gasteiger partial charge in [0.2, 0.25) is 0 Å². The van der Waals surface area contributed by atoms with Crippen molar-refractivity contribution in [2.75, 3.05) is 6.61 Å². The molecule has 1 N–H and O–H groups in total. The van der Waals surface area contributed by atoms with E-state index >= 15 is 0 Å². The van der Waals surface area contributed by atoms with Gasteiger partial charge >= 0.3 is 0 Å². The van der Waals surface area contributed by atoms with E-state index in [0.717, 1.165) is 42.7 Å². The van der Waals surface area contributed by atoms with Crippen LogP contribution in [0.1, 0.15) is 48.5 Å². The molecular formula is C13H15ClO2. The summed E-state index contributed by atoms with van der Waals surface area (Å²) in [5, 5.41) is 10.8. The van der Waals surface area contributed by atoms with Crippen LogP contribution < -0.4 is 4.74 Å². The Bertz CT molecular complexity index is 442. The second-order valence-electron chi connectivity index (χ2n) is 4.77. The summed E-state index contributed by atoms with van der Waals surface area (Å²) in [5.74, 6) is 1.43. The molecule has 0 aromatic heterocycles. The molecule has 1 unspecified atom stereocenters. The van der Waals surface area contributed by atoms with Crippen LogP contribution in [-0.2, 0) is 6.42 Å². The maximum Gasteiger partial charge on any atom is 0.126 e. The van der Waals surface area contributed by atoms with Crippen LogP contribution in [0.15, 0.2) is 6.07 Å². The molecule has 2 nitrogen and oxygen atoms in total. The topological polar surface area (TPSA) is 29.5 Å². The number of aliphatic hydroxyl groups is 1. The van der Waals surface area contributed by atoms with E-state index in [0.29, 0.717) is 10.9 Å². The van der Waals surface area contributed by atoms with Crippen LogP contribution >= 0.6 is 11.6 Å². The Kier molecular flexibility index (Phi) is 2.37. The molecule has 0 fully saturated rings. The molecule has 0 radical (unpaired) electrons. The molecule has 1 heterocycles. The lowest BCUT2D eigenvalue weighted by Gasteiger charge is -2.29. The zero-order valence-electron chi connectivity index (χ0n) is 9.29. The smallest absolute Gasteiger partial charge is 0.126 e. The normalized spacial score (nSPS) is 27.2. The van der Waals surface area contributed by atoms with Gasteiger partial charge in [-0.05, 0) is 30.4 Å². The first-order chi connectivity index (χ1) is 7.68. The molecule has 1 aromatic rings. The first-order valence-corrected chi connectivity index (χ1v) is 6.22. The Labute approximate surface area is 100 Å². The largest absolute Gasteiger partial charge is 0.493 e. The monoisotopic (exact) mass is 238 g/mol. The van der Waals surface area contributed by atoms with Crippen molar-refractivity contribution in [1.82, 2.24) is 0 Å². The number of rotatable bonds is 0. The maximum atomic E-state index is 10.1. The van der Waals surface area contributed by atoms with E-state index in [4.69, 9.17) is 16.3 Å². The Morgan fingerprint density at radius 3 is 3.00 bits per heavy atom. The number of fused-ring (bicyclic) bond motifs is 3. The summed E-state index contributed by atoms with van der Waals surface area (Å²) in [6, 6.07) is 1.96. The number of benzene rings is 1. The van der Waals surface area contributed by atoms with Crippen molar-refractivity contribution in [2.45, 2.75) is 38.2 Å². The van der Waals surface area contributed by atoms with Gasteiger partial charge in [-0.3, -0.25) is 0 Å². The third kappa shape index (κ3) is 1.36. The third-order valence-electron chi connectivity index (χ3n) is 3.70. The zero-order chi connectivity index (χ0) is 11.3. The van der Waals surface area contributed by atoms with Gasteiger partial charge in [-0.2, -0.15) is 0 Å². The fraction of sp³-hybridized carbons (Fsp3) is 0.538. The highest BCUT2D eigenvalue weighted by molar-refractivity contribution is 6.31. The Morgan fingerprint density at radius 2 is 2.19 bits per heavy atom. The molecule has 0 saturated heterocycles. The predicted octanol–water partition coefficient (Wildman–Crippen LogP) is 3.21. The highest BCUT2D eigenvalue weighted by Crippen LogP contribution is 2.48. The van der Waals surface area contributed by atoms with Gasteiger partial charge in [0.05, 0.1) is 12.7 Å². The van der Waals surface area contributed by atoms with Crippen LogP contribution in [0.2, 0.25) is 5.02 Å². The predicted molar refractivity (Wildman–Crippen MR) is 63.3 cm³/mol. The molecule has 16 heavy (non-hydrogen) atoms. The standard InChI is InChI=1S/C13H15ClO2/c1-7-2-3-10(15)12-9(14)6-8-4-5-16-13(8)11(7)12/h6-7,10,15H,2-5H2,1H3/t7?,10-/m0/s1. The lowest BCUT2D eigenvalue weighted by molar-refractivity contribution is 0.150. The fourth-order valence-electron chi connectivity index (χ4n) is 2.86. The van der Waals surface area contributed by atoms with E-state index < -0.39 is 6.10 Å². The number of hydrogen-bond acceptors (Lipinski definition) is 2. The van der Waals surface area contributed by atoms with Crippen molar-refractivity contribution < 1.29 is 9.84 Å². The minimum absolute atomic E-state index is 0.423. The molecule has 2 atom stereocenters. The van der Waals surface area contributed by atoms with E-state index in [9.17, 15) is 5.11 Å². The lowest BCUT2D eigenvalue weighted by atomic mass is 9.80. The van der Waals surface area contributed by atoms with E-state index in [1.165, 1.54) is 5.56 Å². The summed E-state index contributed by atoms with van der Waals surface area (Å²) < 4.78 is 5.70. The summed E-state index contributed by atoms with van der Waals surface area (Å²) in [5.41, 5.74) is 3.25. The van der Waals surface area contributed by atoms with Gasteiger partial charge in [0.1, 0.15) is 5.75 Å². The highest BCUT2D eigenvalue weighted by Gasteiger charge is 2.32. The second-order valence-corrected chi connectivity index (χ2v) is 5.17. The molecule has 0 saturated carbocycles. The quantitative estimate of drug-likeness (QED) is 0.752. The first-order valence-electron chi connectivity index (χ1n) is 5.84. The van der Waals surface area contributed by atoms with Gasteiger partial charge in [0.15, 0.2) is 0 Å². The molecule has 0 bridgehead atoms. The van der Waals surface area contributed by atoms with E-state index in [2.05, 4.69) is 6.92 Å². The van der Waals surface area contributed by atoms with Gasteiger partial charge in [-0.1, -0.05) is 18.5 Å². The zero-order valence-corrected chi connectivity index (χ0v) is 10.0. The highest BCUT2D eigenvalue weighted by atomic mass is 35.5. The maximum absolute atomic E-state index is 10.1. The molecule has 1 aliphatic carbocycles. The van der Waals surface area contributed by atoms with Crippen molar-refractivity contribution in [1.29, 1.82) is 0 Å². The van der Waals surface area contributed by atoms with Gasteiger partial charge in [0.25, 0.3) is 0 Å². The van der Waals surface area contributed by atoms with E-state index in [1.807, 2.05) is 6.07 Å². The molecule has 0 spiro atoms. The van der Waals surface area contributed by atoms with Crippen LogP contribution in [0.25, 0.3) is 0 Å². The summed E-state index contributed by atoms with van der Waals surface area (Å²) in [6.07, 6.45) is 2.32. The fourth-order valence-corrected chi connectivity index (χ4v) is 3.22. The van der Waals surface area contributed by atoms with Crippen LogP contribution in [0.4, 0.5) is 0 Å². The van der Waals surface area contributed by atoms with Gasteiger partial charge in [-0.25, -0.2) is 0 Å². The van der Waals surface area contributed by atoms with E-state index in [-0.39, 0.29) is 0 Å². The number of aliphatic hydroxyl groups excluding tert-OH is 1. The van der Waals surface area contributed by atoms with Crippen LogP contribution in [0, 0.1) is 0 Å². The number of hydrogen-bond donors (Lipinski definition) is 1. The van der Waals surface area contributed by atoms with Crippen molar-refractivity contribution in [3.8, 4) is 5.75 Å². The van der Waals surface area contributed by atoms with Crippen molar-refractivity contribution in [2.24, 2.45) is 0 Å².